The fourth-order valence-corrected chi connectivity index (χ4v) is 47.2. The summed E-state index contributed by atoms with van der Waals surface area (Å²) in [6.07, 6.45) is 7.01. The number of hydrogen-bond donors (Lipinski definition) is 0. The number of halogens is 2. The van der Waals surface area contributed by atoms with Crippen LogP contribution in [0.1, 0.15) is 77.4 Å². The van der Waals surface area contributed by atoms with Crippen molar-refractivity contribution in [2.45, 2.75) is 46.0 Å². The number of allylic oxidation sites excluding steroid dienone is 2. The summed E-state index contributed by atoms with van der Waals surface area (Å²) in [5.41, 5.74) is 18.5. The summed E-state index contributed by atoms with van der Waals surface area (Å²) in [4.78, 5) is 0. The van der Waals surface area contributed by atoms with Crippen molar-refractivity contribution in [3.05, 3.63) is 262 Å². The van der Waals surface area contributed by atoms with E-state index >= 15 is 0 Å². The number of fused-ring (bicyclic) bond motifs is 2. The van der Waals surface area contributed by atoms with Crippen molar-refractivity contribution in [1.82, 2.24) is 0 Å². The van der Waals surface area contributed by atoms with E-state index in [0.717, 1.165) is 12.3 Å². The van der Waals surface area contributed by atoms with Crippen LogP contribution in [0.25, 0.3) is 34.4 Å². The van der Waals surface area contributed by atoms with Gasteiger partial charge in [-0.1, -0.05) is 72.8 Å². The van der Waals surface area contributed by atoms with Gasteiger partial charge in [0.25, 0.3) is 0 Å². The van der Waals surface area contributed by atoms with Crippen LogP contribution in [0.4, 0.5) is 0 Å². The van der Waals surface area contributed by atoms with Gasteiger partial charge in [0.1, 0.15) is 0 Å². The molecule has 0 saturated heterocycles. The monoisotopic (exact) mass is 1050 g/mol. The summed E-state index contributed by atoms with van der Waals surface area (Å²) < 4.78 is 0.0808. The minimum absolute atomic E-state index is 0.0404. The molecule has 0 spiro atoms. The Morgan fingerprint density at radius 1 is 0.441 bits per heavy atom. The Morgan fingerprint density at radius 2 is 0.779 bits per heavy atom. The maximum atomic E-state index is 8.74. The first kappa shape index (κ1) is 47.5. The second-order valence-corrected chi connectivity index (χ2v) is 64.5. The molecule has 4 atom stereocenters. The van der Waals surface area contributed by atoms with Crippen molar-refractivity contribution in [3.63, 3.8) is 0 Å². The van der Waals surface area contributed by atoms with Crippen molar-refractivity contribution in [3.8, 4) is 22.3 Å². The van der Waals surface area contributed by atoms with Gasteiger partial charge in [0.15, 0.2) is 0 Å². The molecule has 68 heavy (non-hydrogen) atoms. The van der Waals surface area contributed by atoms with E-state index in [9.17, 15) is 0 Å². The molecule has 0 radical (unpaired) electrons. The fourth-order valence-electron chi connectivity index (χ4n) is 11.5. The van der Waals surface area contributed by atoms with Gasteiger partial charge in [-0.2, -0.15) is 0 Å². The zero-order chi connectivity index (χ0) is 46.9. The van der Waals surface area contributed by atoms with E-state index in [-0.39, 0.29) is 7.25 Å². The summed E-state index contributed by atoms with van der Waals surface area (Å²) >= 11 is -4.90. The van der Waals surface area contributed by atoms with Crippen LogP contribution < -0.4 is 10.6 Å². The van der Waals surface area contributed by atoms with E-state index in [2.05, 4.69) is 245 Å². The van der Waals surface area contributed by atoms with E-state index in [1.165, 1.54) is 88.5 Å². The van der Waals surface area contributed by atoms with Crippen molar-refractivity contribution in [1.29, 1.82) is 0 Å². The molecule has 0 fully saturated rings. The molecule has 10 rings (SSSR count). The maximum absolute atomic E-state index is 8.74. The average Bonchev–Trinajstić information content (AvgIpc) is 3.92. The first-order chi connectivity index (χ1) is 33.1. The van der Waals surface area contributed by atoms with E-state index in [0.29, 0.717) is 29.0 Å². The Labute approximate surface area is 417 Å². The molecule has 0 nitrogen and oxygen atoms in total. The zero-order valence-electron chi connectivity index (χ0n) is 39.3. The second-order valence-electron chi connectivity index (χ2n) is 19.3. The van der Waals surface area contributed by atoms with Gasteiger partial charge in [-0.15, -0.1) is 0 Å². The minimum atomic E-state index is -4.90. The molecule has 0 saturated carbocycles. The summed E-state index contributed by atoms with van der Waals surface area (Å²) in [7, 11) is 18.8. The second kappa shape index (κ2) is 20.2. The van der Waals surface area contributed by atoms with Gasteiger partial charge < -0.3 is 0 Å². The Morgan fingerprint density at radius 3 is 1.12 bits per heavy atom. The molecule has 8 aromatic rings. The molecule has 339 valence electrons. The van der Waals surface area contributed by atoms with Gasteiger partial charge >= 0.3 is 348 Å². The van der Waals surface area contributed by atoms with Crippen LogP contribution in [0.15, 0.2) is 217 Å². The topological polar surface area (TPSA) is 0 Å². The molecule has 0 N–H and O–H groups in total. The third kappa shape index (κ3) is 9.17. The summed E-state index contributed by atoms with van der Waals surface area (Å²) in [6, 6.07) is 76.4. The molecular formula is C62H59Cl2P2SiZr. The molecule has 2 aliphatic carbocycles. The predicted molar refractivity (Wildman–Crippen MR) is 302 cm³/mol. The van der Waals surface area contributed by atoms with Crippen LogP contribution in [-0.4, -0.2) is 18.2 Å². The average molecular weight is 1060 g/mol. The standard InChI is InChI=1S/2C30H26P.C2H7Si.2ClH.Zr/c2*1-22-18-25-15-9-17-28(29(25)19-22)26-14-8-16-27(20-26)31-21-30(23-10-4-2-5-11-23)24-12-6-3-7-13-24;1-3-2;;;/h2*2-20,30-31H,21H2,1H3;3H,1-2H3;2*1H;/q;;;;;+2/p-2. The molecule has 0 heterocycles. The third-order valence-corrected chi connectivity index (χ3v) is 69.9. The van der Waals surface area contributed by atoms with Crippen LogP contribution in [-0.2, 0) is 15.6 Å². The molecule has 2 aliphatic rings. The molecule has 0 amide bonds. The molecule has 0 aliphatic heterocycles. The van der Waals surface area contributed by atoms with Gasteiger partial charge in [0.05, 0.1) is 0 Å². The van der Waals surface area contributed by atoms with Crippen LogP contribution >= 0.6 is 34.2 Å². The van der Waals surface area contributed by atoms with Crippen LogP contribution in [0.5, 0.6) is 0 Å². The van der Waals surface area contributed by atoms with Gasteiger partial charge in [0.2, 0.25) is 0 Å². The van der Waals surface area contributed by atoms with E-state index in [1.807, 2.05) is 0 Å². The quantitative estimate of drug-likeness (QED) is 0.0709. The van der Waals surface area contributed by atoms with Crippen LogP contribution in [0, 0.1) is 0 Å². The number of hydrogen-bond acceptors (Lipinski definition) is 0. The Balaban J connectivity index is 0.948. The van der Waals surface area contributed by atoms with Gasteiger partial charge in [-0.25, -0.2) is 0 Å². The number of benzene rings is 8. The van der Waals surface area contributed by atoms with E-state index in [4.69, 9.17) is 17.0 Å². The first-order valence-corrected chi connectivity index (χ1v) is 42.9. The molecule has 6 heteroatoms. The molecule has 8 aromatic carbocycles. The van der Waals surface area contributed by atoms with Crippen molar-refractivity contribution >= 4 is 62.9 Å². The van der Waals surface area contributed by atoms with Crippen LogP contribution in [0.3, 0.4) is 0 Å². The summed E-state index contributed by atoms with van der Waals surface area (Å²) in [5.74, 6) is -1.00. The van der Waals surface area contributed by atoms with Crippen molar-refractivity contribution in [2.24, 2.45) is 0 Å². The predicted octanol–water partition coefficient (Wildman–Crippen LogP) is 16.9. The van der Waals surface area contributed by atoms with E-state index < -0.39 is 21.5 Å². The molecular weight excluding hydrogens is 997 g/mol. The zero-order valence-corrected chi connectivity index (χ0v) is 46.5. The van der Waals surface area contributed by atoms with Crippen LogP contribution in [0.2, 0.25) is 13.1 Å². The van der Waals surface area contributed by atoms with E-state index in [1.54, 1.807) is 0 Å². The summed E-state index contributed by atoms with van der Waals surface area (Å²) in [6.45, 7) is 9.51. The SMILES string of the molecule is CC1=Cc2c(-c3cccc(PCC(c4ccccc4)c4ccccc4)c3)cccc2[CH]1[Zr]([Cl])([Cl])([CH]1C(C)=Cc2c(-c3cccc(PCC(c4ccccc4)c4ccccc4)c3)cccc21)[SiH](C)C. The number of rotatable bonds is 15. The Hall–Kier alpha value is -4.22. The summed E-state index contributed by atoms with van der Waals surface area (Å²) in [5, 5.41) is 2.77. The molecule has 0 bridgehead atoms. The molecule has 4 unspecified atom stereocenters. The van der Waals surface area contributed by atoms with Crippen molar-refractivity contribution < 1.29 is 15.6 Å². The van der Waals surface area contributed by atoms with Crippen molar-refractivity contribution in [2.75, 3.05) is 12.3 Å². The first-order valence-electron chi connectivity index (χ1n) is 24.2. The van der Waals surface area contributed by atoms with Gasteiger partial charge in [-0.05, 0) is 0 Å². The Bertz CT molecular complexity index is 2850. The third-order valence-electron chi connectivity index (χ3n) is 14.9. The fraction of sp³-hybridized carbons (Fsp3) is 0.161. The normalized spacial score (nSPS) is 16.4. The Kier molecular flexibility index (Phi) is 14.1. The van der Waals surface area contributed by atoms with Gasteiger partial charge in [-0.3, -0.25) is 0 Å². The molecule has 0 aromatic heterocycles. The van der Waals surface area contributed by atoms with Gasteiger partial charge in [0, 0.05) is 0 Å².